The maximum absolute atomic E-state index is 13.1. The lowest BCUT2D eigenvalue weighted by Gasteiger charge is -2.34. The van der Waals surface area contributed by atoms with Crippen LogP contribution in [0.3, 0.4) is 0 Å². The third-order valence-electron chi connectivity index (χ3n) is 6.62. The summed E-state index contributed by atoms with van der Waals surface area (Å²) in [5.74, 6) is 0.410. The molecular weight excluding hydrogens is 438 g/mol. The number of amides is 1. The Morgan fingerprint density at radius 3 is 2.06 bits per heavy atom. The molecule has 0 bridgehead atoms. The van der Waals surface area contributed by atoms with E-state index in [9.17, 15) is 13.2 Å². The summed E-state index contributed by atoms with van der Waals surface area (Å²) >= 11 is 0. The highest BCUT2D eigenvalue weighted by atomic mass is 32.2. The fraction of sp³-hybridized carbons (Fsp3) is 0.625. The maximum Gasteiger partial charge on any atom is 0.243 e. The van der Waals surface area contributed by atoms with Gasteiger partial charge in [-0.2, -0.15) is 14.8 Å². The first-order valence-corrected chi connectivity index (χ1v) is 13.2. The molecule has 1 aliphatic heterocycles. The Balaban J connectivity index is 1.54. The standard InChI is InChI=1S/C24H33N5O3S/c25-12-4-14-28(15-5-13-26)24(30)20-27-16-18-29(19-17-27)33(31,32)23-10-8-22(9-11-23)21-6-2-1-3-7-21/h8-11,21H,1-7,14-20H2. The Morgan fingerprint density at radius 2 is 1.52 bits per heavy atom. The molecule has 0 atom stereocenters. The average molecular weight is 472 g/mol. The summed E-state index contributed by atoms with van der Waals surface area (Å²) in [5, 5.41) is 17.6. The number of rotatable bonds is 9. The van der Waals surface area contributed by atoms with Crippen LogP contribution in [0.1, 0.15) is 56.4 Å². The topological polar surface area (TPSA) is 109 Å². The third kappa shape index (κ3) is 6.77. The van der Waals surface area contributed by atoms with Crippen LogP contribution in [0.25, 0.3) is 0 Å². The van der Waals surface area contributed by atoms with Gasteiger partial charge >= 0.3 is 0 Å². The smallest absolute Gasteiger partial charge is 0.243 e. The van der Waals surface area contributed by atoms with E-state index < -0.39 is 10.0 Å². The summed E-state index contributed by atoms with van der Waals surface area (Å²) in [6, 6.07) is 11.5. The predicted octanol–water partition coefficient (Wildman–Crippen LogP) is 2.70. The molecule has 1 aromatic rings. The number of piperazine rings is 1. The van der Waals surface area contributed by atoms with Gasteiger partial charge in [0.1, 0.15) is 0 Å². The summed E-state index contributed by atoms with van der Waals surface area (Å²) in [6.07, 6.45) is 6.58. The Hall–Kier alpha value is -2.46. The van der Waals surface area contributed by atoms with E-state index in [-0.39, 0.29) is 25.3 Å². The first-order chi connectivity index (χ1) is 16.0. The minimum Gasteiger partial charge on any atom is -0.340 e. The second kappa shape index (κ2) is 12.1. The molecule has 1 saturated heterocycles. The predicted molar refractivity (Wildman–Crippen MR) is 125 cm³/mol. The maximum atomic E-state index is 13.1. The highest BCUT2D eigenvalue weighted by molar-refractivity contribution is 7.89. The minimum absolute atomic E-state index is 0.130. The van der Waals surface area contributed by atoms with Gasteiger partial charge in [0.05, 0.1) is 36.4 Å². The normalized spacial score (nSPS) is 18.4. The Labute approximate surface area is 197 Å². The zero-order valence-electron chi connectivity index (χ0n) is 19.2. The number of nitrogens with zero attached hydrogens (tertiary/aromatic N) is 5. The lowest BCUT2D eigenvalue weighted by atomic mass is 9.84. The third-order valence-corrected chi connectivity index (χ3v) is 8.54. The second-order valence-electron chi connectivity index (χ2n) is 8.78. The van der Waals surface area contributed by atoms with Crippen molar-refractivity contribution in [1.29, 1.82) is 10.5 Å². The number of sulfonamides is 1. The van der Waals surface area contributed by atoms with Gasteiger partial charge in [-0.3, -0.25) is 9.69 Å². The fourth-order valence-corrected chi connectivity index (χ4v) is 6.07. The van der Waals surface area contributed by atoms with Crippen LogP contribution in [0.2, 0.25) is 0 Å². The van der Waals surface area contributed by atoms with E-state index >= 15 is 0 Å². The lowest BCUT2D eigenvalue weighted by molar-refractivity contribution is -0.132. The van der Waals surface area contributed by atoms with Crippen LogP contribution in [-0.4, -0.2) is 74.2 Å². The van der Waals surface area contributed by atoms with Crippen LogP contribution in [0.15, 0.2) is 29.2 Å². The quantitative estimate of drug-likeness (QED) is 0.548. The molecule has 1 saturated carbocycles. The minimum atomic E-state index is -3.56. The number of carbonyl (C=O) groups excluding carboxylic acids is 1. The first kappa shape index (κ1) is 25.2. The van der Waals surface area contributed by atoms with Gasteiger partial charge in [-0.25, -0.2) is 8.42 Å². The van der Waals surface area contributed by atoms with Gasteiger partial charge in [-0.1, -0.05) is 31.4 Å². The van der Waals surface area contributed by atoms with E-state index in [4.69, 9.17) is 10.5 Å². The molecule has 2 fully saturated rings. The molecule has 1 aliphatic carbocycles. The van der Waals surface area contributed by atoms with Crippen LogP contribution in [0.5, 0.6) is 0 Å². The second-order valence-corrected chi connectivity index (χ2v) is 10.7. The van der Waals surface area contributed by atoms with Gasteiger partial charge in [0.15, 0.2) is 0 Å². The van der Waals surface area contributed by atoms with Gasteiger partial charge in [-0.15, -0.1) is 0 Å². The summed E-state index contributed by atoms with van der Waals surface area (Å²) in [5.41, 5.74) is 1.23. The zero-order valence-corrected chi connectivity index (χ0v) is 20.0. The summed E-state index contributed by atoms with van der Waals surface area (Å²) in [4.78, 5) is 16.4. The van der Waals surface area contributed by atoms with Crippen LogP contribution in [-0.2, 0) is 14.8 Å². The van der Waals surface area contributed by atoms with Crippen LogP contribution in [0, 0.1) is 22.7 Å². The number of nitriles is 2. The molecule has 0 aromatic heterocycles. The Morgan fingerprint density at radius 1 is 0.939 bits per heavy atom. The molecule has 33 heavy (non-hydrogen) atoms. The molecule has 1 heterocycles. The fourth-order valence-electron chi connectivity index (χ4n) is 4.65. The highest BCUT2D eigenvalue weighted by Crippen LogP contribution is 2.33. The van der Waals surface area contributed by atoms with E-state index in [2.05, 4.69) is 0 Å². The highest BCUT2D eigenvalue weighted by Gasteiger charge is 2.30. The van der Waals surface area contributed by atoms with Gasteiger partial charge in [0.25, 0.3) is 0 Å². The van der Waals surface area contributed by atoms with Crippen LogP contribution in [0.4, 0.5) is 0 Å². The van der Waals surface area contributed by atoms with Crippen molar-refractivity contribution in [2.24, 2.45) is 0 Å². The average Bonchev–Trinajstić information content (AvgIpc) is 2.85. The summed E-state index contributed by atoms with van der Waals surface area (Å²) < 4.78 is 27.7. The first-order valence-electron chi connectivity index (χ1n) is 11.8. The molecule has 1 amide bonds. The van der Waals surface area contributed by atoms with E-state index in [1.54, 1.807) is 17.0 Å². The molecule has 9 heteroatoms. The van der Waals surface area contributed by atoms with Crippen molar-refractivity contribution in [2.45, 2.75) is 55.8 Å². The molecule has 178 valence electrons. The van der Waals surface area contributed by atoms with Gasteiger partial charge < -0.3 is 4.90 Å². The Bertz CT molecular complexity index is 949. The van der Waals surface area contributed by atoms with Crippen molar-refractivity contribution in [2.75, 3.05) is 45.8 Å². The molecule has 0 radical (unpaired) electrons. The zero-order chi connectivity index (χ0) is 23.7. The molecule has 2 aliphatic rings. The monoisotopic (exact) mass is 471 g/mol. The largest absolute Gasteiger partial charge is 0.340 e. The van der Waals surface area contributed by atoms with Gasteiger partial charge in [0, 0.05) is 39.3 Å². The molecule has 1 aromatic carbocycles. The van der Waals surface area contributed by atoms with Crippen molar-refractivity contribution < 1.29 is 13.2 Å². The molecule has 0 spiro atoms. The molecule has 0 unspecified atom stereocenters. The van der Waals surface area contributed by atoms with Crippen LogP contribution >= 0.6 is 0 Å². The van der Waals surface area contributed by atoms with E-state index in [1.165, 1.54) is 42.0 Å². The number of benzene rings is 1. The summed E-state index contributed by atoms with van der Waals surface area (Å²) in [6.45, 7) is 2.38. The SMILES string of the molecule is N#CCCN(CCC#N)C(=O)CN1CCN(S(=O)(=O)c2ccc(C3CCCCC3)cc2)CC1. The molecule has 0 N–H and O–H groups in total. The van der Waals surface area contributed by atoms with Crippen molar-refractivity contribution in [3.8, 4) is 12.1 Å². The van der Waals surface area contributed by atoms with Crippen molar-refractivity contribution in [3.63, 3.8) is 0 Å². The number of carbonyl (C=O) groups is 1. The van der Waals surface area contributed by atoms with E-state index in [0.29, 0.717) is 50.1 Å². The molecule has 3 rings (SSSR count). The van der Waals surface area contributed by atoms with Gasteiger partial charge in [-0.05, 0) is 36.5 Å². The number of hydrogen-bond acceptors (Lipinski definition) is 6. The van der Waals surface area contributed by atoms with E-state index in [1.807, 2.05) is 29.2 Å². The lowest BCUT2D eigenvalue weighted by Crippen LogP contribution is -2.51. The molecule has 8 nitrogen and oxygen atoms in total. The summed E-state index contributed by atoms with van der Waals surface area (Å²) in [7, 11) is -3.56. The van der Waals surface area contributed by atoms with E-state index in [0.717, 1.165) is 0 Å². The number of hydrogen-bond donors (Lipinski definition) is 0. The molecular formula is C24H33N5O3S. The van der Waals surface area contributed by atoms with Gasteiger partial charge in [0.2, 0.25) is 15.9 Å². The Kier molecular flexibility index (Phi) is 9.25. The van der Waals surface area contributed by atoms with Crippen LogP contribution < -0.4 is 0 Å². The van der Waals surface area contributed by atoms with Crippen molar-refractivity contribution >= 4 is 15.9 Å². The van der Waals surface area contributed by atoms with Crippen molar-refractivity contribution in [3.05, 3.63) is 29.8 Å². The van der Waals surface area contributed by atoms with Crippen molar-refractivity contribution in [1.82, 2.24) is 14.1 Å².